The fraction of sp³-hybridized carbons (Fsp3) is 0.286. The van der Waals surface area contributed by atoms with Crippen LogP contribution in [0.25, 0.3) is 11.3 Å². The second-order valence-electron chi connectivity index (χ2n) is 6.21. The number of methoxy groups -OCH3 is 3. The molecule has 0 amide bonds. The molecule has 0 spiro atoms. The van der Waals surface area contributed by atoms with Crippen molar-refractivity contribution in [3.05, 3.63) is 54.2 Å². The van der Waals surface area contributed by atoms with Gasteiger partial charge in [-0.25, -0.2) is 4.98 Å². The Balaban J connectivity index is 2.00. The number of para-hydroxylation sites is 1. The molecule has 0 saturated carbocycles. The number of aromatic nitrogens is 3. The molecule has 0 unspecified atom stereocenters. The number of hydrogen-bond acceptors (Lipinski definition) is 7. The van der Waals surface area contributed by atoms with Crippen molar-refractivity contribution >= 4 is 5.95 Å². The zero-order valence-electron chi connectivity index (χ0n) is 16.7. The van der Waals surface area contributed by atoms with Gasteiger partial charge in [-0.1, -0.05) is 24.3 Å². The Bertz CT molecular complexity index is 926. The lowest BCUT2D eigenvalue weighted by Crippen LogP contribution is -2.24. The molecule has 0 aliphatic carbocycles. The van der Waals surface area contributed by atoms with Crippen LogP contribution in [0.3, 0.4) is 0 Å². The van der Waals surface area contributed by atoms with Gasteiger partial charge < -0.3 is 19.1 Å². The molecule has 1 heterocycles. The van der Waals surface area contributed by atoms with E-state index in [1.165, 1.54) is 0 Å². The van der Waals surface area contributed by atoms with Gasteiger partial charge in [0.15, 0.2) is 0 Å². The predicted octanol–water partition coefficient (Wildman–Crippen LogP) is 3.76. The summed E-state index contributed by atoms with van der Waals surface area (Å²) in [6, 6.07) is 13.5. The summed E-state index contributed by atoms with van der Waals surface area (Å²) in [5.74, 6) is 2.62. The molecular formula is C21H24N4O3. The van der Waals surface area contributed by atoms with E-state index in [1.54, 1.807) is 27.5 Å². The second kappa shape index (κ2) is 8.56. The zero-order chi connectivity index (χ0) is 20.1. The minimum atomic E-state index is -0.0206. The Hall–Kier alpha value is -3.35. The van der Waals surface area contributed by atoms with Crippen LogP contribution in [0.5, 0.6) is 17.2 Å². The maximum absolute atomic E-state index is 5.49. The van der Waals surface area contributed by atoms with Gasteiger partial charge in [-0.15, -0.1) is 5.10 Å². The summed E-state index contributed by atoms with van der Waals surface area (Å²) in [7, 11) is 6.82. The van der Waals surface area contributed by atoms with E-state index < -0.39 is 0 Å². The number of nitrogens with zero attached hydrogens (tertiary/aromatic N) is 4. The van der Waals surface area contributed by atoms with Gasteiger partial charge in [0.1, 0.15) is 22.9 Å². The van der Waals surface area contributed by atoms with E-state index in [-0.39, 0.29) is 6.04 Å². The molecule has 1 atom stereocenters. The molecule has 0 saturated heterocycles. The molecule has 3 rings (SSSR count). The maximum Gasteiger partial charge on any atom is 0.246 e. The van der Waals surface area contributed by atoms with E-state index in [1.807, 2.05) is 54.4 Å². The van der Waals surface area contributed by atoms with Gasteiger partial charge >= 0.3 is 0 Å². The topological polar surface area (TPSA) is 69.6 Å². The molecule has 0 radical (unpaired) electrons. The van der Waals surface area contributed by atoms with Gasteiger partial charge in [0.2, 0.25) is 5.95 Å². The molecule has 7 heteroatoms. The molecule has 3 aromatic rings. The molecule has 146 valence electrons. The predicted molar refractivity (Wildman–Crippen MR) is 108 cm³/mol. The largest absolute Gasteiger partial charge is 0.496 e. The van der Waals surface area contributed by atoms with Gasteiger partial charge in [-0.05, 0) is 25.1 Å². The number of benzene rings is 2. The van der Waals surface area contributed by atoms with E-state index in [4.69, 9.17) is 19.2 Å². The molecule has 2 aromatic carbocycles. The summed E-state index contributed by atoms with van der Waals surface area (Å²) in [5, 5.41) is 8.38. The first-order valence-electron chi connectivity index (χ1n) is 8.87. The monoisotopic (exact) mass is 380 g/mol. The Morgan fingerprint density at radius 2 is 1.46 bits per heavy atom. The van der Waals surface area contributed by atoms with Gasteiger partial charge in [-0.2, -0.15) is 5.10 Å². The van der Waals surface area contributed by atoms with Crippen molar-refractivity contribution in [1.29, 1.82) is 0 Å². The maximum atomic E-state index is 5.49. The second-order valence-corrected chi connectivity index (χ2v) is 6.21. The smallest absolute Gasteiger partial charge is 0.246 e. The summed E-state index contributed by atoms with van der Waals surface area (Å²) in [5.41, 5.74) is 2.40. The highest BCUT2D eigenvalue weighted by atomic mass is 16.5. The highest BCUT2D eigenvalue weighted by molar-refractivity contribution is 5.74. The average molecular weight is 380 g/mol. The van der Waals surface area contributed by atoms with Crippen LogP contribution in [0, 0.1) is 0 Å². The quantitative estimate of drug-likeness (QED) is 0.618. The van der Waals surface area contributed by atoms with Crippen LogP contribution >= 0.6 is 0 Å². The fourth-order valence-corrected chi connectivity index (χ4v) is 3.06. The lowest BCUT2D eigenvalue weighted by atomic mass is 10.1. The Kier molecular flexibility index (Phi) is 5.93. The molecule has 0 aliphatic heterocycles. The van der Waals surface area contributed by atoms with Crippen LogP contribution in [-0.4, -0.2) is 43.6 Å². The molecule has 0 aliphatic rings. The Morgan fingerprint density at radius 3 is 2.11 bits per heavy atom. The molecule has 0 fully saturated rings. The SMILES string of the molecule is COc1ccccc1[C@@H](C)N(C)c1nncc(-c2c(OC)cccc2OC)n1. The van der Waals surface area contributed by atoms with Crippen molar-refractivity contribution in [3.8, 4) is 28.5 Å². The average Bonchev–Trinajstić information content (AvgIpc) is 2.77. The number of hydrogen-bond donors (Lipinski definition) is 0. The van der Waals surface area contributed by atoms with Gasteiger partial charge in [0.05, 0.1) is 39.1 Å². The van der Waals surface area contributed by atoms with Crippen molar-refractivity contribution in [1.82, 2.24) is 15.2 Å². The van der Waals surface area contributed by atoms with E-state index in [9.17, 15) is 0 Å². The lowest BCUT2D eigenvalue weighted by Gasteiger charge is -2.26. The van der Waals surface area contributed by atoms with Crippen molar-refractivity contribution in [2.24, 2.45) is 0 Å². The summed E-state index contributed by atoms with van der Waals surface area (Å²) in [6.45, 7) is 2.07. The van der Waals surface area contributed by atoms with E-state index in [0.29, 0.717) is 23.1 Å². The third-order valence-corrected chi connectivity index (χ3v) is 4.72. The molecule has 1 aromatic heterocycles. The standard InChI is InChI=1S/C21H24N4O3/c1-14(15-9-6-7-10-17(15)26-3)25(2)21-23-16(13-22-24-21)20-18(27-4)11-8-12-19(20)28-5/h6-14H,1-5H3/t14-/m1/s1. The molecule has 28 heavy (non-hydrogen) atoms. The minimum absolute atomic E-state index is 0.0206. The number of ether oxygens (including phenoxy) is 3. The molecule has 7 nitrogen and oxygen atoms in total. The molecule has 0 N–H and O–H groups in total. The minimum Gasteiger partial charge on any atom is -0.496 e. The summed E-state index contributed by atoms with van der Waals surface area (Å²) >= 11 is 0. The highest BCUT2D eigenvalue weighted by Gasteiger charge is 2.21. The summed E-state index contributed by atoms with van der Waals surface area (Å²) in [6.07, 6.45) is 1.60. The van der Waals surface area contributed by atoms with Crippen LogP contribution in [0.15, 0.2) is 48.7 Å². The first-order chi connectivity index (χ1) is 13.6. The van der Waals surface area contributed by atoms with Crippen LogP contribution in [0.1, 0.15) is 18.5 Å². The van der Waals surface area contributed by atoms with Crippen LogP contribution in [0.2, 0.25) is 0 Å². The third-order valence-electron chi connectivity index (χ3n) is 4.72. The molecular weight excluding hydrogens is 356 g/mol. The van der Waals surface area contributed by atoms with Crippen LogP contribution < -0.4 is 19.1 Å². The highest BCUT2D eigenvalue weighted by Crippen LogP contribution is 2.37. The normalized spacial score (nSPS) is 11.6. The fourth-order valence-electron chi connectivity index (χ4n) is 3.06. The van der Waals surface area contributed by atoms with Crippen LogP contribution in [-0.2, 0) is 0 Å². The van der Waals surface area contributed by atoms with E-state index >= 15 is 0 Å². The van der Waals surface area contributed by atoms with Gasteiger partial charge in [-0.3, -0.25) is 0 Å². The number of anilines is 1. The zero-order valence-corrected chi connectivity index (χ0v) is 16.7. The van der Waals surface area contributed by atoms with E-state index in [0.717, 1.165) is 16.9 Å². The first-order valence-corrected chi connectivity index (χ1v) is 8.87. The summed E-state index contributed by atoms with van der Waals surface area (Å²) < 4.78 is 16.5. The van der Waals surface area contributed by atoms with Crippen molar-refractivity contribution < 1.29 is 14.2 Å². The van der Waals surface area contributed by atoms with Crippen LogP contribution in [0.4, 0.5) is 5.95 Å². The number of rotatable bonds is 7. The molecule has 0 bridgehead atoms. The van der Waals surface area contributed by atoms with Gasteiger partial charge in [0, 0.05) is 12.6 Å². The Morgan fingerprint density at radius 1 is 0.857 bits per heavy atom. The van der Waals surface area contributed by atoms with E-state index in [2.05, 4.69) is 17.1 Å². The van der Waals surface area contributed by atoms with Gasteiger partial charge in [0.25, 0.3) is 0 Å². The third kappa shape index (κ3) is 3.69. The summed E-state index contributed by atoms with van der Waals surface area (Å²) in [4.78, 5) is 6.67. The lowest BCUT2D eigenvalue weighted by molar-refractivity contribution is 0.397. The van der Waals surface area contributed by atoms with Crippen molar-refractivity contribution in [3.63, 3.8) is 0 Å². The Labute approximate surface area is 164 Å². The first kappa shape index (κ1) is 19.4. The van der Waals surface area contributed by atoms with Crippen molar-refractivity contribution in [2.45, 2.75) is 13.0 Å². The van der Waals surface area contributed by atoms with Crippen molar-refractivity contribution in [2.75, 3.05) is 33.3 Å².